The number of Topliss-reactive ketones (excluding diaryl/α,β-unsaturated/α-hetero) is 1. The van der Waals surface area contributed by atoms with Gasteiger partial charge in [0.2, 0.25) is 0 Å². The molecule has 0 amide bonds. The Morgan fingerprint density at radius 1 is 1.17 bits per heavy atom. The first-order valence-electron chi connectivity index (χ1n) is 7.00. The Balaban J connectivity index is 1.91. The van der Waals surface area contributed by atoms with E-state index in [4.69, 9.17) is 21.1 Å². The van der Waals surface area contributed by atoms with Crippen LogP contribution < -0.4 is 4.74 Å². The molecule has 5 nitrogen and oxygen atoms in total. The number of hydrogen-bond donors (Lipinski definition) is 1. The smallest absolute Gasteiger partial charge is 0.331 e. The summed E-state index contributed by atoms with van der Waals surface area (Å²) >= 11 is 5.74. The molecular weight excluding hydrogens is 332 g/mol. The van der Waals surface area contributed by atoms with Crippen molar-refractivity contribution in [2.75, 3.05) is 13.7 Å². The van der Waals surface area contributed by atoms with Gasteiger partial charge in [-0.2, -0.15) is 0 Å². The van der Waals surface area contributed by atoms with Crippen LogP contribution in [0.5, 0.6) is 11.5 Å². The van der Waals surface area contributed by atoms with Gasteiger partial charge in [0.1, 0.15) is 0 Å². The normalized spacial score (nSPS) is 10.6. The zero-order valence-corrected chi connectivity index (χ0v) is 13.6. The van der Waals surface area contributed by atoms with Crippen molar-refractivity contribution in [1.82, 2.24) is 0 Å². The molecule has 0 fully saturated rings. The highest BCUT2D eigenvalue weighted by Gasteiger charge is 2.08. The first-order valence-corrected chi connectivity index (χ1v) is 7.38. The molecule has 0 unspecified atom stereocenters. The highest BCUT2D eigenvalue weighted by atomic mass is 35.5. The maximum Gasteiger partial charge on any atom is 0.331 e. The average molecular weight is 347 g/mol. The lowest BCUT2D eigenvalue weighted by Crippen LogP contribution is -2.12. The van der Waals surface area contributed by atoms with Gasteiger partial charge in [-0.25, -0.2) is 4.79 Å². The molecule has 2 aromatic rings. The minimum Gasteiger partial charge on any atom is -0.504 e. The Morgan fingerprint density at radius 2 is 1.88 bits per heavy atom. The summed E-state index contributed by atoms with van der Waals surface area (Å²) in [6, 6.07) is 10.9. The quantitative estimate of drug-likeness (QED) is 0.492. The molecule has 0 spiro atoms. The number of ether oxygens (including phenoxy) is 2. The minimum absolute atomic E-state index is 0.00536. The second kappa shape index (κ2) is 8.17. The summed E-state index contributed by atoms with van der Waals surface area (Å²) in [6.07, 6.45) is 2.69. The molecule has 2 aromatic carbocycles. The fourth-order valence-electron chi connectivity index (χ4n) is 1.87. The van der Waals surface area contributed by atoms with Crippen molar-refractivity contribution in [1.29, 1.82) is 0 Å². The summed E-state index contributed by atoms with van der Waals surface area (Å²) < 4.78 is 9.88. The van der Waals surface area contributed by atoms with Gasteiger partial charge in [-0.3, -0.25) is 4.79 Å². The van der Waals surface area contributed by atoms with E-state index >= 15 is 0 Å². The Bertz CT molecular complexity index is 765. The molecule has 0 aliphatic heterocycles. The first-order chi connectivity index (χ1) is 11.5. The van der Waals surface area contributed by atoms with Gasteiger partial charge in [0.05, 0.1) is 7.11 Å². The third-order valence-corrected chi connectivity index (χ3v) is 3.38. The van der Waals surface area contributed by atoms with E-state index in [-0.39, 0.29) is 18.1 Å². The van der Waals surface area contributed by atoms with Crippen LogP contribution in [0, 0.1) is 0 Å². The number of aromatic hydroxyl groups is 1. The largest absolute Gasteiger partial charge is 0.504 e. The molecule has 0 saturated carbocycles. The van der Waals surface area contributed by atoms with Gasteiger partial charge >= 0.3 is 5.97 Å². The maximum absolute atomic E-state index is 11.9. The molecule has 0 heterocycles. The highest BCUT2D eigenvalue weighted by molar-refractivity contribution is 6.30. The van der Waals surface area contributed by atoms with Gasteiger partial charge in [-0.05, 0) is 48.0 Å². The molecule has 0 aromatic heterocycles. The number of halogens is 1. The number of carbonyl (C=O) groups is 2. The van der Waals surface area contributed by atoms with E-state index in [1.54, 1.807) is 36.4 Å². The van der Waals surface area contributed by atoms with Crippen molar-refractivity contribution in [3.8, 4) is 11.5 Å². The monoisotopic (exact) mass is 346 g/mol. The molecule has 124 valence electrons. The van der Waals surface area contributed by atoms with E-state index in [0.29, 0.717) is 21.9 Å². The van der Waals surface area contributed by atoms with E-state index in [0.717, 1.165) is 0 Å². The van der Waals surface area contributed by atoms with E-state index in [2.05, 4.69) is 0 Å². The van der Waals surface area contributed by atoms with Crippen LogP contribution in [0.2, 0.25) is 5.02 Å². The Kier molecular flexibility index (Phi) is 5.98. The zero-order valence-electron chi connectivity index (χ0n) is 12.9. The molecule has 0 atom stereocenters. The number of esters is 1. The number of ketones is 1. The number of carbonyl (C=O) groups excluding carboxylic acids is 2. The lowest BCUT2D eigenvalue weighted by atomic mass is 10.1. The summed E-state index contributed by atoms with van der Waals surface area (Å²) in [5.74, 6) is -0.668. The number of phenolic OH excluding ortho intramolecular Hbond substituents is 1. The number of hydrogen-bond acceptors (Lipinski definition) is 5. The van der Waals surface area contributed by atoms with Crippen molar-refractivity contribution in [2.45, 2.75) is 0 Å². The molecule has 0 aliphatic rings. The van der Waals surface area contributed by atoms with Crippen LogP contribution >= 0.6 is 11.6 Å². The van der Waals surface area contributed by atoms with E-state index < -0.39 is 5.97 Å². The third-order valence-electron chi connectivity index (χ3n) is 3.13. The van der Waals surface area contributed by atoms with Crippen molar-refractivity contribution in [3.05, 3.63) is 64.7 Å². The second-order valence-corrected chi connectivity index (χ2v) is 5.24. The summed E-state index contributed by atoms with van der Waals surface area (Å²) in [5, 5.41) is 10.0. The molecular formula is C18H15ClO5. The molecule has 0 bridgehead atoms. The molecule has 0 radical (unpaired) electrons. The standard InChI is InChI=1S/C18H15ClO5/c1-23-17-10-12(2-8-15(17)20)3-9-18(22)24-11-16(21)13-4-6-14(19)7-5-13/h2-10,20H,11H2,1H3. The maximum atomic E-state index is 11.9. The van der Waals surface area contributed by atoms with Gasteiger partial charge < -0.3 is 14.6 Å². The third kappa shape index (κ3) is 4.86. The molecule has 0 aliphatic carbocycles. The summed E-state index contributed by atoms with van der Waals surface area (Å²) in [4.78, 5) is 23.5. The van der Waals surface area contributed by atoms with Gasteiger partial charge in [-0.15, -0.1) is 0 Å². The van der Waals surface area contributed by atoms with E-state index in [1.165, 1.54) is 25.3 Å². The Morgan fingerprint density at radius 3 is 2.54 bits per heavy atom. The fraction of sp³-hybridized carbons (Fsp3) is 0.111. The minimum atomic E-state index is -0.649. The predicted octanol–water partition coefficient (Wildman–Crippen LogP) is 3.49. The van der Waals surface area contributed by atoms with E-state index in [1.807, 2.05) is 0 Å². The van der Waals surface area contributed by atoms with Crippen LogP contribution in [-0.4, -0.2) is 30.6 Å². The van der Waals surface area contributed by atoms with Crippen molar-refractivity contribution < 1.29 is 24.2 Å². The lowest BCUT2D eigenvalue weighted by molar-refractivity contribution is -0.136. The van der Waals surface area contributed by atoms with Gasteiger partial charge in [-0.1, -0.05) is 17.7 Å². The van der Waals surface area contributed by atoms with Crippen LogP contribution in [0.4, 0.5) is 0 Å². The predicted molar refractivity (Wildman–Crippen MR) is 90.4 cm³/mol. The van der Waals surface area contributed by atoms with Gasteiger partial charge in [0.15, 0.2) is 23.9 Å². The SMILES string of the molecule is COc1cc(C=CC(=O)OCC(=O)c2ccc(Cl)cc2)ccc1O. The summed E-state index contributed by atoms with van der Waals surface area (Å²) in [7, 11) is 1.43. The van der Waals surface area contributed by atoms with Gasteiger partial charge in [0, 0.05) is 16.7 Å². The second-order valence-electron chi connectivity index (χ2n) is 4.80. The Labute approximate surface area is 144 Å². The van der Waals surface area contributed by atoms with Crippen molar-refractivity contribution in [2.24, 2.45) is 0 Å². The lowest BCUT2D eigenvalue weighted by Gasteiger charge is -2.04. The highest BCUT2D eigenvalue weighted by Crippen LogP contribution is 2.26. The number of methoxy groups -OCH3 is 1. The first kappa shape index (κ1) is 17.6. The van der Waals surface area contributed by atoms with E-state index in [9.17, 15) is 14.7 Å². The molecule has 1 N–H and O–H groups in total. The molecule has 6 heteroatoms. The van der Waals surface area contributed by atoms with Gasteiger partial charge in [0.25, 0.3) is 0 Å². The van der Waals surface area contributed by atoms with Crippen LogP contribution in [0.3, 0.4) is 0 Å². The molecule has 2 rings (SSSR count). The average Bonchev–Trinajstić information content (AvgIpc) is 2.59. The van der Waals surface area contributed by atoms with Crippen LogP contribution in [0.15, 0.2) is 48.5 Å². The van der Waals surface area contributed by atoms with Crippen molar-refractivity contribution in [3.63, 3.8) is 0 Å². The molecule has 0 saturated heterocycles. The zero-order chi connectivity index (χ0) is 17.5. The van der Waals surface area contributed by atoms with Crippen molar-refractivity contribution >= 4 is 29.4 Å². The number of phenols is 1. The number of benzene rings is 2. The van der Waals surface area contributed by atoms with Crippen LogP contribution in [0.25, 0.3) is 6.08 Å². The Hall–Kier alpha value is -2.79. The fourth-order valence-corrected chi connectivity index (χ4v) is 1.99. The number of rotatable bonds is 6. The summed E-state index contributed by atoms with van der Waals surface area (Å²) in [6.45, 7) is -0.357. The van der Waals surface area contributed by atoms with Crippen LogP contribution in [0.1, 0.15) is 15.9 Å². The topological polar surface area (TPSA) is 72.8 Å². The summed E-state index contributed by atoms with van der Waals surface area (Å²) in [5.41, 5.74) is 1.06. The van der Waals surface area contributed by atoms with Crippen LogP contribution in [-0.2, 0) is 9.53 Å². The molecule has 24 heavy (non-hydrogen) atoms.